The van der Waals surface area contributed by atoms with Gasteiger partial charge in [-0.05, 0) is 19.8 Å². The molecule has 2 aliphatic heterocycles. The van der Waals surface area contributed by atoms with Gasteiger partial charge in [0, 0.05) is 19.6 Å². The summed E-state index contributed by atoms with van der Waals surface area (Å²) in [6.45, 7) is 7.36. The van der Waals surface area contributed by atoms with E-state index in [1.54, 1.807) is 0 Å². The number of aliphatic carboxylic acids is 1. The Hall–Kier alpha value is -1.89. The lowest BCUT2D eigenvalue weighted by Gasteiger charge is -2.37. The van der Waals surface area contributed by atoms with Crippen LogP contribution in [0.25, 0.3) is 0 Å². The third-order valence-electron chi connectivity index (χ3n) is 3.74. The van der Waals surface area contributed by atoms with Crippen LogP contribution in [0, 0.1) is 0 Å². The first-order valence-corrected chi connectivity index (χ1v) is 6.57. The van der Waals surface area contributed by atoms with E-state index < -0.39 is 30.0 Å². The smallest absolute Gasteiger partial charge is 0.325 e. The maximum absolute atomic E-state index is 12.3. The Labute approximate surface area is 117 Å². The van der Waals surface area contributed by atoms with Gasteiger partial charge in [-0.1, -0.05) is 12.2 Å². The number of carbonyl (C=O) groups is 3. The van der Waals surface area contributed by atoms with Crippen LogP contribution in [0.2, 0.25) is 0 Å². The average molecular weight is 281 g/mol. The zero-order valence-electron chi connectivity index (χ0n) is 11.5. The van der Waals surface area contributed by atoms with Crippen molar-refractivity contribution in [1.29, 1.82) is 0 Å². The molecule has 0 radical (unpaired) electrons. The molecule has 20 heavy (non-hydrogen) atoms. The molecule has 7 nitrogen and oxygen atoms in total. The lowest BCUT2D eigenvalue weighted by molar-refractivity contribution is -0.143. The first-order valence-electron chi connectivity index (χ1n) is 6.57. The molecule has 3 amide bonds. The Kier molecular flexibility index (Phi) is 3.80. The van der Waals surface area contributed by atoms with Gasteiger partial charge < -0.3 is 10.4 Å². The molecule has 0 saturated carbocycles. The fraction of sp³-hybridized carbons (Fsp3) is 0.615. The number of piperidine rings is 1. The highest BCUT2D eigenvalue weighted by molar-refractivity contribution is 6.08. The monoisotopic (exact) mass is 281 g/mol. The second kappa shape index (κ2) is 5.24. The summed E-state index contributed by atoms with van der Waals surface area (Å²) in [5.41, 5.74) is 0.133. The first kappa shape index (κ1) is 14.5. The first-order chi connectivity index (χ1) is 9.34. The van der Waals surface area contributed by atoms with Crippen molar-refractivity contribution >= 4 is 17.9 Å². The molecule has 0 aromatic rings. The Bertz CT molecular complexity index is 466. The van der Waals surface area contributed by atoms with Crippen molar-refractivity contribution in [2.24, 2.45) is 0 Å². The molecule has 110 valence electrons. The van der Waals surface area contributed by atoms with E-state index in [0.717, 1.165) is 17.0 Å². The topological polar surface area (TPSA) is 90.0 Å². The molecule has 2 aliphatic rings. The number of nitrogens with zero attached hydrogens (tertiary/aromatic N) is 2. The van der Waals surface area contributed by atoms with Crippen molar-refractivity contribution in [3.63, 3.8) is 0 Å². The summed E-state index contributed by atoms with van der Waals surface area (Å²) in [5.74, 6) is -1.61. The maximum atomic E-state index is 12.3. The van der Waals surface area contributed by atoms with Crippen LogP contribution >= 0.6 is 0 Å². The quantitative estimate of drug-likeness (QED) is 0.560. The summed E-state index contributed by atoms with van der Waals surface area (Å²) in [5, 5.41) is 11.4. The number of hydrogen-bond acceptors (Lipinski definition) is 4. The van der Waals surface area contributed by atoms with Crippen molar-refractivity contribution in [2.75, 3.05) is 26.2 Å². The Morgan fingerprint density at radius 1 is 1.35 bits per heavy atom. The number of carboxylic acid groups (broad SMARTS) is 1. The minimum Gasteiger partial charge on any atom is -0.480 e. The van der Waals surface area contributed by atoms with Crippen molar-refractivity contribution in [1.82, 2.24) is 15.1 Å². The number of urea groups is 1. The fourth-order valence-corrected chi connectivity index (χ4v) is 2.77. The van der Waals surface area contributed by atoms with Gasteiger partial charge in [0.05, 0.1) is 0 Å². The van der Waals surface area contributed by atoms with Crippen LogP contribution in [0.3, 0.4) is 0 Å². The molecule has 0 aromatic heterocycles. The van der Waals surface area contributed by atoms with E-state index in [2.05, 4.69) is 16.8 Å². The van der Waals surface area contributed by atoms with Gasteiger partial charge >= 0.3 is 12.0 Å². The Balaban J connectivity index is 2.03. The largest absolute Gasteiger partial charge is 0.480 e. The molecule has 7 heteroatoms. The van der Waals surface area contributed by atoms with Crippen LogP contribution < -0.4 is 5.32 Å². The van der Waals surface area contributed by atoms with Gasteiger partial charge in [-0.25, -0.2) is 4.79 Å². The SMILES string of the molecule is C=C(C)CN1CCC2(CC1)NC(=O)N(CC(=O)O)C2=O. The predicted octanol–water partition coefficient (Wildman–Crippen LogP) is 0.0335. The minimum atomic E-state index is -1.19. The van der Waals surface area contributed by atoms with Gasteiger partial charge in [-0.3, -0.25) is 19.4 Å². The Morgan fingerprint density at radius 3 is 2.45 bits per heavy atom. The van der Waals surface area contributed by atoms with Crippen molar-refractivity contribution in [2.45, 2.75) is 25.3 Å². The summed E-state index contributed by atoms with van der Waals surface area (Å²) < 4.78 is 0. The fourth-order valence-electron chi connectivity index (χ4n) is 2.77. The zero-order valence-corrected chi connectivity index (χ0v) is 11.5. The predicted molar refractivity (Wildman–Crippen MR) is 71.1 cm³/mol. The zero-order chi connectivity index (χ0) is 14.9. The normalized spacial score (nSPS) is 22.1. The van der Waals surface area contributed by atoms with E-state index >= 15 is 0 Å². The highest BCUT2D eigenvalue weighted by Gasteiger charge is 2.52. The average Bonchev–Trinajstić information content (AvgIpc) is 2.56. The summed E-state index contributed by atoms with van der Waals surface area (Å²) in [4.78, 5) is 37.7. The van der Waals surface area contributed by atoms with Gasteiger partial charge in [0.25, 0.3) is 5.91 Å². The van der Waals surface area contributed by atoms with Gasteiger partial charge in [0.2, 0.25) is 0 Å². The molecule has 0 aliphatic carbocycles. The van der Waals surface area contributed by atoms with Crippen LogP contribution in [0.4, 0.5) is 4.79 Å². The second-order valence-electron chi connectivity index (χ2n) is 5.53. The molecule has 1 spiro atoms. The van der Waals surface area contributed by atoms with Crippen molar-refractivity contribution < 1.29 is 19.5 Å². The summed E-state index contributed by atoms with van der Waals surface area (Å²) in [6.07, 6.45) is 1.00. The molecule has 2 rings (SSSR count). The van der Waals surface area contributed by atoms with E-state index in [4.69, 9.17) is 5.11 Å². The Morgan fingerprint density at radius 2 is 1.95 bits per heavy atom. The van der Waals surface area contributed by atoms with E-state index in [1.807, 2.05) is 6.92 Å². The third kappa shape index (κ3) is 2.67. The van der Waals surface area contributed by atoms with Crippen molar-refractivity contribution in [3.8, 4) is 0 Å². The molecule has 2 fully saturated rings. The number of likely N-dealkylation sites (tertiary alicyclic amines) is 1. The number of imide groups is 1. The molecule has 0 aromatic carbocycles. The minimum absolute atomic E-state index is 0.417. The maximum Gasteiger partial charge on any atom is 0.325 e. The van der Waals surface area contributed by atoms with Crippen molar-refractivity contribution in [3.05, 3.63) is 12.2 Å². The molecule has 2 saturated heterocycles. The third-order valence-corrected chi connectivity index (χ3v) is 3.74. The highest BCUT2D eigenvalue weighted by Crippen LogP contribution is 2.29. The molecule has 0 unspecified atom stereocenters. The number of nitrogens with one attached hydrogen (secondary N) is 1. The van der Waals surface area contributed by atoms with E-state index in [-0.39, 0.29) is 0 Å². The number of rotatable bonds is 4. The lowest BCUT2D eigenvalue weighted by atomic mass is 9.87. The molecule has 2 heterocycles. The van der Waals surface area contributed by atoms with E-state index in [9.17, 15) is 14.4 Å². The summed E-state index contributed by atoms with van der Waals surface area (Å²) in [7, 11) is 0. The van der Waals surface area contributed by atoms with E-state index in [1.165, 1.54) is 0 Å². The number of hydrogen-bond donors (Lipinski definition) is 2. The number of carbonyl (C=O) groups excluding carboxylic acids is 2. The summed E-state index contributed by atoms with van der Waals surface area (Å²) >= 11 is 0. The number of amides is 3. The molecule has 0 atom stereocenters. The molecular weight excluding hydrogens is 262 g/mol. The van der Waals surface area contributed by atoms with Crippen LogP contribution in [0.5, 0.6) is 0 Å². The van der Waals surface area contributed by atoms with Crippen LogP contribution in [0.1, 0.15) is 19.8 Å². The van der Waals surface area contributed by atoms with Gasteiger partial charge in [-0.2, -0.15) is 0 Å². The lowest BCUT2D eigenvalue weighted by Crippen LogP contribution is -2.55. The standard InChI is InChI=1S/C13H19N3O4/c1-9(2)7-15-5-3-13(4-6-15)11(19)16(8-10(17)18)12(20)14-13/h1,3-8H2,2H3,(H,14,20)(H,17,18). The second-order valence-corrected chi connectivity index (χ2v) is 5.53. The number of carboxylic acids is 1. The van der Waals surface area contributed by atoms with Crippen LogP contribution in [0.15, 0.2) is 12.2 Å². The molecular formula is C13H19N3O4. The van der Waals surface area contributed by atoms with Gasteiger partial charge in [-0.15, -0.1) is 0 Å². The molecule has 0 bridgehead atoms. The van der Waals surface area contributed by atoms with Crippen LogP contribution in [-0.4, -0.2) is 64.5 Å². The summed E-state index contributed by atoms with van der Waals surface area (Å²) in [6, 6.07) is -0.606. The van der Waals surface area contributed by atoms with Gasteiger partial charge in [0.1, 0.15) is 12.1 Å². The highest BCUT2D eigenvalue weighted by atomic mass is 16.4. The van der Waals surface area contributed by atoms with E-state index in [0.29, 0.717) is 25.9 Å². The van der Waals surface area contributed by atoms with Gasteiger partial charge in [0.15, 0.2) is 0 Å². The van der Waals surface area contributed by atoms with Crippen LogP contribution in [-0.2, 0) is 9.59 Å². The molecule has 2 N–H and O–H groups in total.